The summed E-state index contributed by atoms with van der Waals surface area (Å²) in [5.41, 5.74) is 0.769. The second-order valence-corrected chi connectivity index (χ2v) is 11.9. The first-order chi connectivity index (χ1) is 15.8. The second kappa shape index (κ2) is 9.70. The zero-order valence-corrected chi connectivity index (χ0v) is 20.4. The van der Waals surface area contributed by atoms with Crippen LogP contribution in [0, 0.1) is 18.8 Å². The van der Waals surface area contributed by atoms with Crippen LogP contribution in [-0.4, -0.2) is 46.8 Å². The number of thiophene rings is 1. The minimum absolute atomic E-state index is 0.00258. The van der Waals surface area contributed by atoms with Gasteiger partial charge in [-0.1, -0.05) is 19.0 Å². The van der Waals surface area contributed by atoms with E-state index in [1.165, 1.54) is 15.6 Å². The summed E-state index contributed by atoms with van der Waals surface area (Å²) in [4.78, 5) is 22.5. The van der Waals surface area contributed by atoms with E-state index in [2.05, 4.69) is 20.4 Å². The third kappa shape index (κ3) is 5.15. The average Bonchev–Trinajstić information content (AvgIpc) is 3.47. The monoisotopic (exact) mass is 489 g/mol. The minimum atomic E-state index is -3.61. The number of carbonyl (C=O) groups excluding carboxylic acids is 1. The molecular weight excluding hydrogens is 462 g/mol. The summed E-state index contributed by atoms with van der Waals surface area (Å²) in [5, 5.41) is 7.05. The summed E-state index contributed by atoms with van der Waals surface area (Å²) in [5.74, 6) is 0.0863. The van der Waals surface area contributed by atoms with Gasteiger partial charge in [-0.05, 0) is 49.9 Å². The van der Waals surface area contributed by atoms with Gasteiger partial charge in [-0.2, -0.15) is 9.29 Å². The van der Waals surface area contributed by atoms with E-state index in [-0.39, 0.29) is 18.4 Å². The maximum Gasteiger partial charge on any atom is 0.252 e. The molecule has 0 aromatic carbocycles. The first kappa shape index (κ1) is 23.5. The van der Waals surface area contributed by atoms with Crippen LogP contribution in [0.5, 0.6) is 0 Å². The van der Waals surface area contributed by atoms with Crippen LogP contribution in [0.15, 0.2) is 45.4 Å². The predicted octanol–water partition coefficient (Wildman–Crippen LogP) is 3.42. The molecule has 1 aliphatic heterocycles. The molecule has 2 unspecified atom stereocenters. The highest BCUT2D eigenvalue weighted by molar-refractivity contribution is 7.91. The smallest absolute Gasteiger partial charge is 0.252 e. The van der Waals surface area contributed by atoms with E-state index < -0.39 is 22.0 Å². The van der Waals surface area contributed by atoms with E-state index in [4.69, 9.17) is 4.52 Å². The lowest BCUT2D eigenvalue weighted by molar-refractivity contribution is -0.127. The standard InChI is InChI=1S/C22H27N5O4S2/c1-14(2)19(22-25-20(26-31-22)16-8-10-23-11-9-16)24-21(28)17-5-4-12-27(13-17)33(29,30)18-7-6-15(3)32-18/h6-11,14,17,19H,4-5,12-13H2,1-3H3,(H,24,28). The number of amides is 1. The Morgan fingerprint density at radius 2 is 2.00 bits per heavy atom. The lowest BCUT2D eigenvalue weighted by Crippen LogP contribution is -2.46. The molecule has 0 bridgehead atoms. The summed E-state index contributed by atoms with van der Waals surface area (Å²) in [6.07, 6.45) is 4.54. The molecule has 4 rings (SSSR count). The molecule has 3 aromatic heterocycles. The van der Waals surface area contributed by atoms with E-state index in [0.29, 0.717) is 35.3 Å². The molecule has 2 atom stereocenters. The van der Waals surface area contributed by atoms with E-state index in [0.717, 1.165) is 10.4 Å². The normalized spacial score (nSPS) is 18.4. The van der Waals surface area contributed by atoms with Gasteiger partial charge in [0, 0.05) is 35.9 Å². The van der Waals surface area contributed by atoms with Crippen molar-refractivity contribution in [2.45, 2.75) is 43.9 Å². The van der Waals surface area contributed by atoms with Crippen LogP contribution in [0.4, 0.5) is 0 Å². The number of nitrogens with zero attached hydrogens (tertiary/aromatic N) is 4. The fraction of sp³-hybridized carbons (Fsp3) is 0.455. The van der Waals surface area contributed by atoms with Crippen LogP contribution in [0.25, 0.3) is 11.4 Å². The number of hydrogen-bond acceptors (Lipinski definition) is 8. The highest BCUT2D eigenvalue weighted by Gasteiger charge is 2.35. The Morgan fingerprint density at radius 1 is 1.24 bits per heavy atom. The number of aryl methyl sites for hydroxylation is 1. The quantitative estimate of drug-likeness (QED) is 0.540. The Labute approximate surface area is 197 Å². The van der Waals surface area contributed by atoms with Gasteiger partial charge >= 0.3 is 0 Å². The Morgan fingerprint density at radius 3 is 2.67 bits per heavy atom. The molecule has 1 aliphatic rings. The van der Waals surface area contributed by atoms with Gasteiger partial charge in [-0.15, -0.1) is 11.3 Å². The predicted molar refractivity (Wildman–Crippen MR) is 124 cm³/mol. The number of nitrogens with one attached hydrogen (secondary N) is 1. The van der Waals surface area contributed by atoms with Crippen molar-refractivity contribution in [2.75, 3.05) is 13.1 Å². The summed E-state index contributed by atoms with van der Waals surface area (Å²) < 4.78 is 33.3. The van der Waals surface area contributed by atoms with Crippen LogP contribution in [-0.2, 0) is 14.8 Å². The third-order valence-electron chi connectivity index (χ3n) is 5.68. The molecule has 9 nitrogen and oxygen atoms in total. The van der Waals surface area contributed by atoms with Gasteiger partial charge in [0.2, 0.25) is 17.6 Å². The maximum atomic E-state index is 13.1. The molecule has 0 saturated carbocycles. The fourth-order valence-corrected chi connectivity index (χ4v) is 6.78. The molecule has 1 N–H and O–H groups in total. The number of piperidine rings is 1. The summed E-state index contributed by atoms with van der Waals surface area (Å²) in [6.45, 7) is 6.35. The first-order valence-corrected chi connectivity index (χ1v) is 13.1. The van der Waals surface area contributed by atoms with Crippen LogP contribution >= 0.6 is 11.3 Å². The van der Waals surface area contributed by atoms with Crippen molar-refractivity contribution in [3.63, 3.8) is 0 Å². The minimum Gasteiger partial charge on any atom is -0.344 e. The Bertz CT molecular complexity index is 1210. The molecule has 0 radical (unpaired) electrons. The average molecular weight is 490 g/mol. The molecule has 4 heterocycles. The van der Waals surface area contributed by atoms with Crippen molar-refractivity contribution in [2.24, 2.45) is 11.8 Å². The number of aromatic nitrogens is 3. The zero-order chi connectivity index (χ0) is 23.6. The van der Waals surface area contributed by atoms with Gasteiger partial charge < -0.3 is 9.84 Å². The van der Waals surface area contributed by atoms with Crippen LogP contribution in [0.1, 0.15) is 43.5 Å². The molecule has 0 aliphatic carbocycles. The van der Waals surface area contributed by atoms with Crippen molar-refractivity contribution in [3.05, 3.63) is 47.4 Å². The number of carbonyl (C=O) groups is 1. The maximum absolute atomic E-state index is 13.1. The summed E-state index contributed by atoms with van der Waals surface area (Å²) in [6, 6.07) is 6.51. The van der Waals surface area contributed by atoms with Crippen LogP contribution in [0.3, 0.4) is 0 Å². The number of hydrogen-bond donors (Lipinski definition) is 1. The molecule has 1 saturated heterocycles. The Balaban J connectivity index is 1.47. The zero-order valence-electron chi connectivity index (χ0n) is 18.8. The van der Waals surface area contributed by atoms with Crippen molar-refractivity contribution >= 4 is 27.3 Å². The molecule has 33 heavy (non-hydrogen) atoms. The summed E-state index contributed by atoms with van der Waals surface area (Å²) >= 11 is 1.25. The second-order valence-electron chi connectivity index (χ2n) is 8.49. The highest BCUT2D eigenvalue weighted by Crippen LogP contribution is 2.29. The molecule has 11 heteroatoms. The number of pyridine rings is 1. The van der Waals surface area contributed by atoms with Gasteiger partial charge in [0.1, 0.15) is 10.3 Å². The summed E-state index contributed by atoms with van der Waals surface area (Å²) in [7, 11) is -3.61. The molecule has 1 amide bonds. The molecular formula is C22H27N5O4S2. The van der Waals surface area contributed by atoms with Crippen LogP contribution in [0.2, 0.25) is 0 Å². The Kier molecular flexibility index (Phi) is 6.91. The van der Waals surface area contributed by atoms with E-state index >= 15 is 0 Å². The van der Waals surface area contributed by atoms with Gasteiger partial charge in [-0.25, -0.2) is 8.42 Å². The van der Waals surface area contributed by atoms with Crippen molar-refractivity contribution in [1.82, 2.24) is 24.7 Å². The SMILES string of the molecule is Cc1ccc(S(=O)(=O)N2CCCC(C(=O)NC(c3nc(-c4ccncc4)no3)C(C)C)C2)s1. The lowest BCUT2D eigenvalue weighted by Gasteiger charge is -2.32. The van der Waals surface area contributed by atoms with Gasteiger partial charge in [0.15, 0.2) is 0 Å². The first-order valence-electron chi connectivity index (χ1n) is 10.9. The van der Waals surface area contributed by atoms with E-state index in [1.54, 1.807) is 36.7 Å². The molecule has 176 valence electrons. The number of rotatable bonds is 7. The van der Waals surface area contributed by atoms with Gasteiger partial charge in [0.05, 0.1) is 5.92 Å². The molecule has 0 spiro atoms. The van der Waals surface area contributed by atoms with Crippen LogP contribution < -0.4 is 5.32 Å². The number of sulfonamides is 1. The lowest BCUT2D eigenvalue weighted by atomic mass is 9.97. The van der Waals surface area contributed by atoms with E-state index in [9.17, 15) is 13.2 Å². The van der Waals surface area contributed by atoms with Gasteiger partial charge in [0.25, 0.3) is 10.0 Å². The van der Waals surface area contributed by atoms with Crippen molar-refractivity contribution in [1.29, 1.82) is 0 Å². The Hall–Kier alpha value is -2.63. The largest absolute Gasteiger partial charge is 0.344 e. The highest BCUT2D eigenvalue weighted by atomic mass is 32.2. The fourth-order valence-electron chi connectivity index (χ4n) is 3.82. The van der Waals surface area contributed by atoms with E-state index in [1.807, 2.05) is 20.8 Å². The molecule has 1 fully saturated rings. The third-order valence-corrected chi connectivity index (χ3v) is 9.01. The van der Waals surface area contributed by atoms with Gasteiger partial charge in [-0.3, -0.25) is 9.78 Å². The van der Waals surface area contributed by atoms with Crippen molar-refractivity contribution in [3.8, 4) is 11.4 Å². The topological polar surface area (TPSA) is 118 Å². The van der Waals surface area contributed by atoms with Crippen molar-refractivity contribution < 1.29 is 17.7 Å². The molecule has 3 aromatic rings.